The Morgan fingerprint density at radius 2 is 1.68 bits per heavy atom. The third-order valence-electron chi connectivity index (χ3n) is 3.24. The minimum absolute atomic E-state index is 0.182. The van der Waals surface area contributed by atoms with Gasteiger partial charge in [0.15, 0.2) is 5.82 Å². The van der Waals surface area contributed by atoms with Crippen LogP contribution in [0.15, 0.2) is 60.7 Å². The van der Waals surface area contributed by atoms with Crippen molar-refractivity contribution < 1.29 is 9.84 Å². The minimum Gasteiger partial charge on any atom is -0.380 e. The van der Waals surface area contributed by atoms with Crippen LogP contribution in [0.25, 0.3) is 0 Å². The molecule has 1 heterocycles. The van der Waals surface area contributed by atoms with Crippen LogP contribution < -0.4 is 0 Å². The Kier molecular flexibility index (Phi) is 4.53. The van der Waals surface area contributed by atoms with Gasteiger partial charge in [0.1, 0.15) is 12.8 Å². The highest BCUT2D eigenvalue weighted by Crippen LogP contribution is 2.18. The maximum atomic E-state index is 10.4. The third kappa shape index (κ3) is 3.36. The summed E-state index contributed by atoms with van der Waals surface area (Å²) < 4.78 is 7.06. The van der Waals surface area contributed by atoms with E-state index in [0.29, 0.717) is 12.4 Å². The van der Waals surface area contributed by atoms with Gasteiger partial charge < -0.3 is 9.84 Å². The van der Waals surface area contributed by atoms with Crippen molar-refractivity contribution in [2.24, 2.45) is 0 Å². The van der Waals surface area contributed by atoms with Crippen LogP contribution in [-0.2, 0) is 18.1 Å². The summed E-state index contributed by atoms with van der Waals surface area (Å²) >= 11 is 0. The zero-order valence-electron chi connectivity index (χ0n) is 11.9. The van der Waals surface area contributed by atoms with Crippen LogP contribution in [0.1, 0.15) is 23.1 Å². The first-order valence-electron chi connectivity index (χ1n) is 6.95. The van der Waals surface area contributed by atoms with Gasteiger partial charge in [0.2, 0.25) is 0 Å². The van der Waals surface area contributed by atoms with Gasteiger partial charge in [0.25, 0.3) is 0 Å². The lowest BCUT2D eigenvalue weighted by atomic mass is 10.1. The van der Waals surface area contributed by atoms with Gasteiger partial charge in [-0.3, -0.25) is 0 Å². The number of ether oxygens (including phenoxy) is 1. The van der Waals surface area contributed by atoms with Gasteiger partial charge in [-0.05, 0) is 21.6 Å². The highest BCUT2D eigenvalue weighted by molar-refractivity contribution is 5.22. The Labute approximate surface area is 128 Å². The lowest BCUT2D eigenvalue weighted by Crippen LogP contribution is -2.13. The zero-order chi connectivity index (χ0) is 15.2. The van der Waals surface area contributed by atoms with Gasteiger partial charge in [0.05, 0.1) is 6.61 Å². The van der Waals surface area contributed by atoms with Crippen LogP contribution in [-0.4, -0.2) is 25.3 Å². The van der Waals surface area contributed by atoms with Crippen molar-refractivity contribution in [2.75, 3.05) is 0 Å². The maximum Gasteiger partial charge on any atom is 0.186 e. The second-order valence-electron chi connectivity index (χ2n) is 4.81. The van der Waals surface area contributed by atoms with E-state index in [0.717, 1.165) is 11.1 Å². The summed E-state index contributed by atoms with van der Waals surface area (Å²) in [6, 6.07) is 19.1. The molecule has 1 unspecified atom stereocenters. The summed E-state index contributed by atoms with van der Waals surface area (Å²) in [5, 5.41) is 21.7. The SMILES string of the molecule is OC(c1ccccc1)c1nnnn1COCc1ccccc1. The molecule has 0 aliphatic carbocycles. The Morgan fingerprint density at radius 3 is 2.41 bits per heavy atom. The molecule has 1 aromatic heterocycles. The lowest BCUT2D eigenvalue weighted by Gasteiger charge is -2.11. The molecule has 2 aromatic carbocycles. The Hall–Kier alpha value is -2.57. The molecule has 1 N–H and O–H groups in total. The number of rotatable bonds is 6. The number of aliphatic hydroxyl groups is 1. The highest BCUT2D eigenvalue weighted by atomic mass is 16.5. The van der Waals surface area contributed by atoms with E-state index in [4.69, 9.17) is 4.74 Å². The van der Waals surface area contributed by atoms with E-state index in [1.165, 1.54) is 4.68 Å². The summed E-state index contributed by atoms with van der Waals surface area (Å²) in [6.45, 7) is 0.642. The van der Waals surface area contributed by atoms with E-state index in [9.17, 15) is 5.11 Å². The van der Waals surface area contributed by atoms with Crippen LogP contribution in [0.5, 0.6) is 0 Å². The van der Waals surface area contributed by atoms with Crippen molar-refractivity contribution in [1.29, 1.82) is 0 Å². The molecule has 0 aliphatic rings. The predicted octanol–water partition coefficient (Wildman–Crippen LogP) is 1.93. The van der Waals surface area contributed by atoms with Gasteiger partial charge in [-0.2, -0.15) is 0 Å². The normalized spacial score (nSPS) is 12.2. The van der Waals surface area contributed by atoms with Crippen LogP contribution in [0.3, 0.4) is 0 Å². The molecule has 3 rings (SSSR count). The predicted molar refractivity (Wildman–Crippen MR) is 79.6 cm³/mol. The smallest absolute Gasteiger partial charge is 0.186 e. The summed E-state index contributed by atoms with van der Waals surface area (Å²) in [5.74, 6) is 0.360. The van der Waals surface area contributed by atoms with E-state index in [1.807, 2.05) is 60.7 Å². The van der Waals surface area contributed by atoms with Crippen LogP contribution in [0, 0.1) is 0 Å². The fraction of sp³-hybridized carbons (Fsp3) is 0.188. The largest absolute Gasteiger partial charge is 0.380 e. The zero-order valence-corrected chi connectivity index (χ0v) is 11.9. The molecule has 3 aromatic rings. The number of aromatic nitrogens is 4. The molecular formula is C16H16N4O2. The van der Waals surface area contributed by atoms with Crippen molar-refractivity contribution in [2.45, 2.75) is 19.4 Å². The second-order valence-corrected chi connectivity index (χ2v) is 4.81. The molecule has 1 atom stereocenters. The van der Waals surface area contributed by atoms with Gasteiger partial charge in [0, 0.05) is 0 Å². The minimum atomic E-state index is -0.878. The van der Waals surface area contributed by atoms with E-state index >= 15 is 0 Å². The average molecular weight is 296 g/mol. The summed E-state index contributed by atoms with van der Waals surface area (Å²) in [5.41, 5.74) is 1.81. The number of aliphatic hydroxyl groups excluding tert-OH is 1. The average Bonchev–Trinajstić information content (AvgIpc) is 3.04. The van der Waals surface area contributed by atoms with Crippen LogP contribution >= 0.6 is 0 Å². The number of benzene rings is 2. The van der Waals surface area contributed by atoms with Crippen molar-refractivity contribution >= 4 is 0 Å². The molecular weight excluding hydrogens is 280 g/mol. The van der Waals surface area contributed by atoms with E-state index in [-0.39, 0.29) is 6.73 Å². The molecule has 112 valence electrons. The van der Waals surface area contributed by atoms with Crippen LogP contribution in [0.2, 0.25) is 0 Å². The van der Waals surface area contributed by atoms with Crippen molar-refractivity contribution in [1.82, 2.24) is 20.2 Å². The molecule has 0 radical (unpaired) electrons. The van der Waals surface area contributed by atoms with Gasteiger partial charge in [-0.15, -0.1) is 5.10 Å². The second kappa shape index (κ2) is 6.93. The number of hydrogen-bond acceptors (Lipinski definition) is 5. The first kappa shape index (κ1) is 14.4. The molecule has 22 heavy (non-hydrogen) atoms. The number of hydrogen-bond donors (Lipinski definition) is 1. The standard InChI is InChI=1S/C16H16N4O2/c21-15(14-9-5-2-6-10-14)16-17-18-19-20(16)12-22-11-13-7-3-1-4-8-13/h1-10,15,21H,11-12H2. The molecule has 0 spiro atoms. The van der Waals surface area contributed by atoms with Gasteiger partial charge in [-0.25, -0.2) is 4.68 Å². The summed E-state index contributed by atoms with van der Waals surface area (Å²) in [7, 11) is 0. The van der Waals surface area contributed by atoms with Gasteiger partial charge >= 0.3 is 0 Å². The fourth-order valence-electron chi connectivity index (χ4n) is 2.11. The Morgan fingerprint density at radius 1 is 1.00 bits per heavy atom. The first-order chi connectivity index (χ1) is 10.8. The van der Waals surface area contributed by atoms with Gasteiger partial charge in [-0.1, -0.05) is 60.7 Å². The topological polar surface area (TPSA) is 73.1 Å². The molecule has 0 fully saturated rings. The molecule has 0 amide bonds. The third-order valence-corrected chi connectivity index (χ3v) is 3.24. The number of nitrogens with zero attached hydrogens (tertiary/aromatic N) is 4. The van der Waals surface area contributed by atoms with E-state index in [1.54, 1.807) is 0 Å². The molecule has 6 heteroatoms. The fourth-order valence-corrected chi connectivity index (χ4v) is 2.11. The number of tetrazole rings is 1. The Bertz CT molecular complexity index is 700. The lowest BCUT2D eigenvalue weighted by molar-refractivity contribution is 0.0480. The molecule has 0 aliphatic heterocycles. The Balaban J connectivity index is 1.65. The highest BCUT2D eigenvalue weighted by Gasteiger charge is 2.18. The molecule has 6 nitrogen and oxygen atoms in total. The summed E-state index contributed by atoms with van der Waals surface area (Å²) in [6.07, 6.45) is -0.878. The monoisotopic (exact) mass is 296 g/mol. The van der Waals surface area contributed by atoms with Crippen molar-refractivity contribution in [3.05, 3.63) is 77.6 Å². The van der Waals surface area contributed by atoms with Crippen LogP contribution in [0.4, 0.5) is 0 Å². The first-order valence-corrected chi connectivity index (χ1v) is 6.95. The van der Waals surface area contributed by atoms with E-state index in [2.05, 4.69) is 15.5 Å². The maximum absolute atomic E-state index is 10.4. The summed E-state index contributed by atoms with van der Waals surface area (Å²) in [4.78, 5) is 0. The molecule has 0 saturated carbocycles. The van der Waals surface area contributed by atoms with Crippen molar-refractivity contribution in [3.63, 3.8) is 0 Å². The molecule has 0 bridgehead atoms. The van der Waals surface area contributed by atoms with Crippen molar-refractivity contribution in [3.8, 4) is 0 Å². The quantitative estimate of drug-likeness (QED) is 0.752. The van der Waals surface area contributed by atoms with E-state index < -0.39 is 6.10 Å². The molecule has 0 saturated heterocycles.